The first kappa shape index (κ1) is 8.03. The number of amides is 1. The molecule has 1 rings (SSSR count). The van der Waals surface area contributed by atoms with Crippen molar-refractivity contribution in [2.24, 2.45) is 5.84 Å². The molecule has 4 N–H and O–H groups in total. The van der Waals surface area contributed by atoms with Crippen LogP contribution in [0.3, 0.4) is 0 Å². The van der Waals surface area contributed by atoms with Crippen LogP contribution in [0.15, 0.2) is 0 Å². The van der Waals surface area contributed by atoms with Gasteiger partial charge in [0.25, 0.3) is 5.91 Å². The van der Waals surface area contributed by atoms with Crippen molar-refractivity contribution in [3.8, 4) is 0 Å². The minimum atomic E-state index is -0.501. The van der Waals surface area contributed by atoms with Crippen LogP contribution in [0.4, 0.5) is 0 Å². The largest absolute Gasteiger partial charge is 0.289 e. The average molecular weight is 175 g/mol. The lowest BCUT2D eigenvalue weighted by molar-refractivity contribution is 0.0949. The van der Waals surface area contributed by atoms with Crippen molar-refractivity contribution >= 4 is 17.5 Å². The Labute approximate surface area is 67.9 Å². The van der Waals surface area contributed by atoms with Gasteiger partial charge in [0.2, 0.25) is 0 Å². The van der Waals surface area contributed by atoms with Crippen LogP contribution in [0.25, 0.3) is 0 Å². The van der Waals surface area contributed by atoms with Crippen LogP contribution in [0.5, 0.6) is 0 Å². The Morgan fingerprint density at radius 3 is 2.82 bits per heavy atom. The molecule has 0 unspecified atom stereocenters. The fourth-order valence-electron chi connectivity index (χ4n) is 0.634. The minimum Gasteiger partial charge on any atom is -0.289 e. The Kier molecular flexibility index (Phi) is 2.11. The smallest absolute Gasteiger partial charge is 0.287 e. The number of nitrogens with two attached hydrogens (primary N) is 1. The number of nitrogens with one attached hydrogen (secondary N) is 2. The lowest BCUT2D eigenvalue weighted by Gasteiger charge is -1.92. The van der Waals surface area contributed by atoms with Crippen molar-refractivity contribution in [1.29, 1.82) is 0 Å². The third-order valence-corrected chi connectivity index (χ3v) is 1.68. The molecule has 0 spiro atoms. The van der Waals surface area contributed by atoms with E-state index in [-0.39, 0.29) is 5.69 Å². The van der Waals surface area contributed by atoms with Gasteiger partial charge in [-0.25, -0.2) is 5.84 Å². The summed E-state index contributed by atoms with van der Waals surface area (Å²) in [5, 5.41) is 6.49. The van der Waals surface area contributed by atoms with Gasteiger partial charge >= 0.3 is 0 Å². The van der Waals surface area contributed by atoms with E-state index >= 15 is 0 Å². The first-order chi connectivity index (χ1) is 5.16. The van der Waals surface area contributed by atoms with Crippen molar-refractivity contribution in [2.75, 3.05) is 0 Å². The molecule has 0 atom stereocenters. The third kappa shape index (κ3) is 1.33. The molecular formula is C5H7ClN4O. The Balaban J connectivity index is 3.04. The zero-order chi connectivity index (χ0) is 8.43. The lowest BCUT2D eigenvalue weighted by Crippen LogP contribution is -2.30. The second kappa shape index (κ2) is 2.89. The van der Waals surface area contributed by atoms with Gasteiger partial charge < -0.3 is 0 Å². The Morgan fingerprint density at radius 2 is 2.45 bits per heavy atom. The van der Waals surface area contributed by atoms with Gasteiger partial charge in [-0.05, 0) is 6.92 Å². The summed E-state index contributed by atoms with van der Waals surface area (Å²) in [7, 11) is 0. The first-order valence-corrected chi connectivity index (χ1v) is 3.26. The molecule has 0 saturated carbocycles. The highest BCUT2D eigenvalue weighted by Crippen LogP contribution is 2.16. The zero-order valence-electron chi connectivity index (χ0n) is 5.81. The SMILES string of the molecule is Cc1[nH]nc(C(=O)NN)c1Cl. The first-order valence-electron chi connectivity index (χ1n) is 2.88. The Bertz CT molecular complexity index is 282. The standard InChI is InChI=1S/C5H7ClN4O/c1-2-3(6)4(10-9-2)5(11)8-7/h7H2,1H3,(H,8,11)(H,9,10). The molecule has 0 bridgehead atoms. The Morgan fingerprint density at radius 1 is 1.82 bits per heavy atom. The van der Waals surface area contributed by atoms with Gasteiger partial charge in [0.15, 0.2) is 5.69 Å². The van der Waals surface area contributed by atoms with Crippen LogP contribution in [-0.2, 0) is 0 Å². The summed E-state index contributed by atoms with van der Waals surface area (Å²) in [5.74, 6) is 4.37. The summed E-state index contributed by atoms with van der Waals surface area (Å²) < 4.78 is 0. The van der Waals surface area contributed by atoms with E-state index in [4.69, 9.17) is 17.4 Å². The van der Waals surface area contributed by atoms with E-state index in [1.54, 1.807) is 6.92 Å². The number of aryl methyl sites for hydroxylation is 1. The number of aromatic nitrogens is 2. The molecule has 0 aliphatic rings. The van der Waals surface area contributed by atoms with E-state index in [9.17, 15) is 4.79 Å². The fraction of sp³-hybridized carbons (Fsp3) is 0.200. The molecule has 6 heteroatoms. The maximum Gasteiger partial charge on any atom is 0.287 e. The molecule has 1 aromatic heterocycles. The number of carbonyl (C=O) groups is 1. The molecule has 11 heavy (non-hydrogen) atoms. The lowest BCUT2D eigenvalue weighted by atomic mass is 10.3. The van der Waals surface area contributed by atoms with Gasteiger partial charge in [-0.3, -0.25) is 15.3 Å². The predicted octanol–water partition coefficient (Wildman–Crippen LogP) is -0.0250. The number of hydrogen-bond donors (Lipinski definition) is 3. The molecule has 0 saturated heterocycles. The van der Waals surface area contributed by atoms with E-state index in [0.717, 1.165) is 0 Å². The number of nitrogen functional groups attached to an aromatic ring is 1. The summed E-state index contributed by atoms with van der Waals surface area (Å²) in [6.07, 6.45) is 0. The number of H-pyrrole nitrogens is 1. The van der Waals surface area contributed by atoms with Gasteiger partial charge in [0.05, 0.1) is 10.7 Å². The van der Waals surface area contributed by atoms with Gasteiger partial charge in [0.1, 0.15) is 0 Å². The number of hydrogen-bond acceptors (Lipinski definition) is 3. The van der Waals surface area contributed by atoms with Crippen molar-refractivity contribution in [1.82, 2.24) is 15.6 Å². The number of rotatable bonds is 1. The van der Waals surface area contributed by atoms with E-state index in [1.165, 1.54) is 0 Å². The maximum absolute atomic E-state index is 10.8. The number of halogens is 1. The van der Waals surface area contributed by atoms with Crippen LogP contribution in [0.2, 0.25) is 5.02 Å². The summed E-state index contributed by atoms with van der Waals surface area (Å²) >= 11 is 5.67. The minimum absolute atomic E-state index is 0.117. The highest BCUT2D eigenvalue weighted by Gasteiger charge is 2.13. The van der Waals surface area contributed by atoms with Gasteiger partial charge in [0, 0.05) is 0 Å². The molecule has 5 nitrogen and oxygen atoms in total. The summed E-state index contributed by atoms with van der Waals surface area (Å²) in [6, 6.07) is 0. The van der Waals surface area contributed by atoms with Crippen LogP contribution in [0, 0.1) is 6.92 Å². The van der Waals surface area contributed by atoms with Crippen LogP contribution >= 0.6 is 11.6 Å². The quantitative estimate of drug-likeness (QED) is 0.318. The number of aromatic amines is 1. The number of nitrogens with zero attached hydrogens (tertiary/aromatic N) is 1. The molecule has 1 aromatic rings. The van der Waals surface area contributed by atoms with E-state index in [2.05, 4.69) is 10.2 Å². The molecule has 0 fully saturated rings. The number of carbonyl (C=O) groups excluding carboxylic acids is 1. The van der Waals surface area contributed by atoms with Crippen LogP contribution in [-0.4, -0.2) is 16.1 Å². The third-order valence-electron chi connectivity index (χ3n) is 1.22. The van der Waals surface area contributed by atoms with Crippen molar-refractivity contribution in [2.45, 2.75) is 6.92 Å². The van der Waals surface area contributed by atoms with Crippen molar-refractivity contribution < 1.29 is 4.79 Å². The second-order valence-corrected chi connectivity index (χ2v) is 2.36. The fourth-order valence-corrected chi connectivity index (χ4v) is 0.805. The van der Waals surface area contributed by atoms with Crippen molar-refractivity contribution in [3.05, 3.63) is 16.4 Å². The van der Waals surface area contributed by atoms with E-state index in [1.807, 2.05) is 5.43 Å². The molecule has 0 aromatic carbocycles. The van der Waals surface area contributed by atoms with Gasteiger partial charge in [-0.1, -0.05) is 11.6 Å². The molecule has 0 aliphatic carbocycles. The zero-order valence-corrected chi connectivity index (χ0v) is 6.57. The Hall–Kier alpha value is -1.07. The number of hydrazine groups is 1. The molecule has 0 aliphatic heterocycles. The van der Waals surface area contributed by atoms with Gasteiger partial charge in [-0.15, -0.1) is 0 Å². The monoisotopic (exact) mass is 174 g/mol. The molecule has 1 heterocycles. The molecular weight excluding hydrogens is 168 g/mol. The predicted molar refractivity (Wildman–Crippen MR) is 40.0 cm³/mol. The average Bonchev–Trinajstić information content (AvgIpc) is 2.32. The molecule has 1 amide bonds. The van der Waals surface area contributed by atoms with Crippen LogP contribution < -0.4 is 11.3 Å². The summed E-state index contributed by atoms with van der Waals surface area (Å²) in [5.41, 5.74) is 2.69. The highest BCUT2D eigenvalue weighted by atomic mass is 35.5. The van der Waals surface area contributed by atoms with E-state index in [0.29, 0.717) is 10.7 Å². The maximum atomic E-state index is 10.8. The topological polar surface area (TPSA) is 83.8 Å². The second-order valence-electron chi connectivity index (χ2n) is 1.98. The highest BCUT2D eigenvalue weighted by molar-refractivity contribution is 6.34. The van der Waals surface area contributed by atoms with Crippen LogP contribution in [0.1, 0.15) is 16.2 Å². The molecule has 0 radical (unpaired) electrons. The van der Waals surface area contributed by atoms with E-state index < -0.39 is 5.91 Å². The normalized spacial score (nSPS) is 9.73. The van der Waals surface area contributed by atoms with Crippen molar-refractivity contribution in [3.63, 3.8) is 0 Å². The summed E-state index contributed by atoms with van der Waals surface area (Å²) in [4.78, 5) is 10.8. The molecule has 60 valence electrons. The summed E-state index contributed by atoms with van der Waals surface area (Å²) in [6.45, 7) is 1.71. The van der Waals surface area contributed by atoms with Gasteiger partial charge in [-0.2, -0.15) is 5.10 Å².